The summed E-state index contributed by atoms with van der Waals surface area (Å²) in [5.41, 5.74) is 9.00. The molecule has 5 rings (SSSR count). The molecule has 0 saturated carbocycles. The molecule has 2 aromatic carbocycles. The minimum atomic E-state index is 0.643. The van der Waals surface area contributed by atoms with Crippen molar-refractivity contribution in [3.63, 3.8) is 0 Å². The molecule has 6 heteroatoms. The first-order chi connectivity index (χ1) is 14.6. The van der Waals surface area contributed by atoms with Gasteiger partial charge in [-0.05, 0) is 43.0 Å². The Labute approximate surface area is 184 Å². The molecule has 0 saturated heterocycles. The van der Waals surface area contributed by atoms with Crippen LogP contribution in [0.2, 0.25) is 0 Å². The third-order valence-corrected chi connectivity index (χ3v) is 5.59. The zero-order valence-corrected chi connectivity index (χ0v) is 18.1. The van der Waals surface area contributed by atoms with Crippen LogP contribution in [0.15, 0.2) is 54.6 Å². The molecule has 4 aromatic rings. The molecule has 2 heterocycles. The topological polar surface area (TPSA) is 77.5 Å². The summed E-state index contributed by atoms with van der Waals surface area (Å²) in [6.45, 7) is 4.12. The van der Waals surface area contributed by atoms with Crippen LogP contribution < -0.4 is 4.37 Å². The smallest absolute Gasteiger partial charge is 0.157 e. The Balaban J connectivity index is 0.000000185. The van der Waals surface area contributed by atoms with Gasteiger partial charge in [0.25, 0.3) is 0 Å². The number of rotatable bonds is 2. The Hall–Kier alpha value is -2.96. The van der Waals surface area contributed by atoms with Crippen molar-refractivity contribution in [3.8, 4) is 11.5 Å². The Kier molecular flexibility index (Phi) is 5.97. The van der Waals surface area contributed by atoms with E-state index >= 15 is 0 Å². The number of para-hydroxylation sites is 3. The molecule has 5 nitrogen and oxygen atoms in total. The normalized spacial score (nSPS) is 12.9. The summed E-state index contributed by atoms with van der Waals surface area (Å²) < 4.78 is 2.85. The summed E-state index contributed by atoms with van der Waals surface area (Å²) in [4.78, 5) is 12.5. The van der Waals surface area contributed by atoms with Gasteiger partial charge in [0.1, 0.15) is 5.69 Å². The van der Waals surface area contributed by atoms with Gasteiger partial charge in [-0.2, -0.15) is 0 Å². The number of pyridine rings is 1. The van der Waals surface area contributed by atoms with Gasteiger partial charge in [-0.1, -0.05) is 18.2 Å². The zero-order chi connectivity index (χ0) is 21.1. The van der Waals surface area contributed by atoms with E-state index in [1.165, 1.54) is 16.7 Å². The van der Waals surface area contributed by atoms with Crippen LogP contribution >= 0.6 is 0 Å². The van der Waals surface area contributed by atoms with Crippen LogP contribution in [-0.4, -0.2) is 20.7 Å². The Morgan fingerprint density at radius 1 is 0.933 bits per heavy atom. The summed E-state index contributed by atoms with van der Waals surface area (Å²) in [6, 6.07) is 18.2. The van der Waals surface area contributed by atoms with E-state index in [1.807, 2.05) is 36.4 Å². The summed E-state index contributed by atoms with van der Waals surface area (Å²) in [6.07, 6.45) is 2.90. The second kappa shape index (κ2) is 8.81. The molecule has 0 bridgehead atoms. The van der Waals surface area contributed by atoms with Crippen molar-refractivity contribution >= 4 is 22.4 Å². The van der Waals surface area contributed by atoms with Gasteiger partial charge in [0.15, 0.2) is 5.82 Å². The molecule has 1 aliphatic rings. The Morgan fingerprint density at radius 3 is 2.40 bits per heavy atom. The minimum Gasteiger partial charge on any atom is -0.337 e. The first-order valence-electron chi connectivity index (χ1n) is 10.0. The maximum Gasteiger partial charge on any atom is 0.157 e. The zero-order valence-electron chi connectivity index (χ0n) is 17.0. The molecule has 0 fully saturated rings. The van der Waals surface area contributed by atoms with Gasteiger partial charge in [0.2, 0.25) is 0 Å². The Bertz CT molecular complexity index is 1160. The SMILES string of the molecule is Cc1cccc(C)c1[NH][Co].N=C1CCCc2ccc(-c3nc4ccccc4[nH]3)nc21. The van der Waals surface area contributed by atoms with Crippen LogP contribution in [0.5, 0.6) is 0 Å². The number of hydrogen-bond acceptors (Lipinski definition) is 4. The van der Waals surface area contributed by atoms with Crippen molar-refractivity contribution in [2.24, 2.45) is 0 Å². The quantitative estimate of drug-likeness (QED) is 0.384. The third-order valence-electron chi connectivity index (χ3n) is 5.33. The molecule has 0 aliphatic heterocycles. The molecule has 0 amide bonds. The number of anilines is 1. The van der Waals surface area contributed by atoms with Crippen LogP contribution in [0.1, 0.15) is 35.2 Å². The van der Waals surface area contributed by atoms with Crippen molar-refractivity contribution in [3.05, 3.63) is 77.0 Å². The molecule has 30 heavy (non-hydrogen) atoms. The summed E-state index contributed by atoms with van der Waals surface area (Å²) in [5.74, 6) is 0.771. The van der Waals surface area contributed by atoms with Crippen molar-refractivity contribution in [1.82, 2.24) is 15.0 Å². The maximum absolute atomic E-state index is 8.04. The largest absolute Gasteiger partial charge is 0.337 e. The summed E-state index contributed by atoms with van der Waals surface area (Å²) >= 11 is 4.05. The predicted molar refractivity (Wildman–Crippen MR) is 119 cm³/mol. The molecule has 0 atom stereocenters. The van der Waals surface area contributed by atoms with Crippen LogP contribution in [0, 0.1) is 19.3 Å². The van der Waals surface area contributed by atoms with Gasteiger partial charge in [-0.15, -0.1) is 0 Å². The van der Waals surface area contributed by atoms with Gasteiger partial charge in [-0.25, -0.2) is 9.97 Å². The molecule has 0 spiro atoms. The number of aromatic nitrogens is 3. The van der Waals surface area contributed by atoms with Crippen LogP contribution in [0.4, 0.5) is 5.69 Å². The number of nitrogens with one attached hydrogen (secondary N) is 3. The number of aryl methyl sites for hydroxylation is 3. The average molecular weight is 441 g/mol. The van der Waals surface area contributed by atoms with Crippen molar-refractivity contribution in [2.75, 3.05) is 4.37 Å². The molecule has 0 unspecified atom stereocenters. The number of hydrogen-bond donors (Lipinski definition) is 3. The fraction of sp³-hybridized carbons (Fsp3) is 0.208. The average Bonchev–Trinajstić information content (AvgIpc) is 3.19. The molecule has 3 N–H and O–H groups in total. The van der Waals surface area contributed by atoms with Gasteiger partial charge in [0, 0.05) is 0 Å². The van der Waals surface area contributed by atoms with E-state index in [0.29, 0.717) is 5.71 Å². The van der Waals surface area contributed by atoms with E-state index in [-0.39, 0.29) is 0 Å². The molecular formula is C24H24CoN5. The van der Waals surface area contributed by atoms with Crippen LogP contribution in [0.3, 0.4) is 0 Å². The molecule has 1 aliphatic carbocycles. The number of imidazole rings is 1. The van der Waals surface area contributed by atoms with E-state index in [4.69, 9.17) is 5.41 Å². The van der Waals surface area contributed by atoms with E-state index in [2.05, 4.69) is 67.3 Å². The van der Waals surface area contributed by atoms with Crippen LogP contribution in [0.25, 0.3) is 22.6 Å². The summed E-state index contributed by atoms with van der Waals surface area (Å²) in [7, 11) is 0. The Morgan fingerprint density at radius 2 is 1.70 bits per heavy atom. The predicted octanol–water partition coefficient (Wildman–Crippen LogP) is 5.51. The van der Waals surface area contributed by atoms with Crippen molar-refractivity contribution in [2.45, 2.75) is 33.1 Å². The van der Waals surface area contributed by atoms with Crippen molar-refractivity contribution < 1.29 is 16.0 Å². The molecule has 0 radical (unpaired) electrons. The van der Waals surface area contributed by atoms with E-state index in [9.17, 15) is 0 Å². The van der Waals surface area contributed by atoms with E-state index < -0.39 is 0 Å². The van der Waals surface area contributed by atoms with E-state index in [0.717, 1.165) is 53.2 Å². The van der Waals surface area contributed by atoms with Gasteiger partial charge in [0.05, 0.1) is 22.4 Å². The fourth-order valence-corrected chi connectivity index (χ4v) is 4.09. The van der Waals surface area contributed by atoms with E-state index in [1.54, 1.807) is 0 Å². The monoisotopic (exact) mass is 441 g/mol. The number of nitrogens with zero attached hydrogens (tertiary/aromatic N) is 2. The first-order valence-corrected chi connectivity index (χ1v) is 10.5. The number of benzene rings is 2. The minimum absolute atomic E-state index is 0.643. The second-order valence-corrected chi connectivity index (χ2v) is 7.75. The number of H-pyrrole nitrogens is 1. The van der Waals surface area contributed by atoms with Gasteiger partial charge >= 0.3 is 69.2 Å². The number of fused-ring (bicyclic) bond motifs is 2. The molecule has 154 valence electrons. The second-order valence-electron chi connectivity index (χ2n) is 7.49. The number of aromatic amines is 1. The third kappa shape index (κ3) is 4.15. The maximum atomic E-state index is 8.04. The first kappa shape index (κ1) is 20.3. The molecule has 2 aromatic heterocycles. The standard InChI is InChI=1S/C16H14N4.C8H10N.Co/c17-11-5-3-4-10-8-9-14(18-15(10)11)16-19-12-6-1-2-7-13(12)20-16;1-6-4-3-5-7(2)8(6)9;/h1-2,6-9,17H,3-5H2,(H,19,20);3-5,9H,1-2H3;/q;-1;+1. The summed E-state index contributed by atoms with van der Waals surface area (Å²) in [5, 5.41) is 8.04. The fourth-order valence-electron chi connectivity index (χ4n) is 3.68. The van der Waals surface area contributed by atoms with Gasteiger partial charge < -0.3 is 10.4 Å². The van der Waals surface area contributed by atoms with Crippen LogP contribution in [-0.2, 0) is 22.4 Å². The molecular weight excluding hydrogens is 417 g/mol. The van der Waals surface area contributed by atoms with Gasteiger partial charge in [-0.3, -0.25) is 0 Å². The van der Waals surface area contributed by atoms with Crippen molar-refractivity contribution in [1.29, 1.82) is 5.41 Å².